The topological polar surface area (TPSA) is 175 Å². The Bertz CT molecular complexity index is 1380. The number of ether oxygens (including phenoxy) is 4. The number of carbonyl (C=O) groups is 5. The van der Waals surface area contributed by atoms with Gasteiger partial charge in [-0.15, -0.1) is 0 Å². The minimum Gasteiger partial charge on any atom is -0.508 e. The number of benzene rings is 2. The van der Waals surface area contributed by atoms with Crippen molar-refractivity contribution in [2.45, 2.75) is 90.9 Å². The van der Waals surface area contributed by atoms with Gasteiger partial charge in [0.15, 0.2) is 12.1 Å². The Morgan fingerprint density at radius 2 is 1.58 bits per heavy atom. The van der Waals surface area contributed by atoms with Crippen molar-refractivity contribution in [1.82, 2.24) is 5.32 Å². The fraction of sp³-hybridized carbons (Fsp3) is 0.485. The van der Waals surface area contributed by atoms with Crippen LogP contribution in [0.15, 0.2) is 54.6 Å². The van der Waals surface area contributed by atoms with E-state index < -0.39 is 77.7 Å². The number of rotatable bonds is 6. The molecule has 2 aromatic carbocycles. The Hall–Kier alpha value is -4.45. The molecular weight excluding hydrogens is 586 g/mol. The summed E-state index contributed by atoms with van der Waals surface area (Å²) in [5, 5.41) is 23.7. The first kappa shape index (κ1) is 35.0. The number of phenols is 1. The highest BCUT2D eigenvalue weighted by Gasteiger charge is 2.47. The molecule has 0 spiro atoms. The van der Waals surface area contributed by atoms with Crippen molar-refractivity contribution >= 4 is 29.8 Å². The monoisotopic (exact) mass is 627 g/mol. The van der Waals surface area contributed by atoms with E-state index in [0.29, 0.717) is 12.0 Å². The van der Waals surface area contributed by atoms with Crippen LogP contribution < -0.4 is 5.32 Å². The van der Waals surface area contributed by atoms with Crippen LogP contribution in [0, 0.1) is 11.3 Å². The minimum absolute atomic E-state index is 0.00158. The molecule has 1 heterocycles. The molecule has 3 N–H and O–H groups in total. The van der Waals surface area contributed by atoms with Crippen molar-refractivity contribution in [3.63, 3.8) is 0 Å². The van der Waals surface area contributed by atoms with Gasteiger partial charge in [-0.25, -0.2) is 14.4 Å². The smallest absolute Gasteiger partial charge is 0.348 e. The summed E-state index contributed by atoms with van der Waals surface area (Å²) >= 11 is 0. The molecule has 45 heavy (non-hydrogen) atoms. The molecule has 0 bridgehead atoms. The molecule has 3 rings (SSSR count). The largest absolute Gasteiger partial charge is 0.508 e. The second-order valence-electron chi connectivity index (χ2n) is 11.8. The average Bonchev–Trinajstić information content (AvgIpc) is 3.00. The molecular formula is C33H41NO11. The van der Waals surface area contributed by atoms with E-state index in [2.05, 4.69) is 5.32 Å². The third-order valence-corrected chi connectivity index (χ3v) is 7.84. The molecule has 244 valence electrons. The Balaban J connectivity index is 2.03. The van der Waals surface area contributed by atoms with Crippen molar-refractivity contribution < 1.29 is 53.1 Å². The van der Waals surface area contributed by atoms with Gasteiger partial charge in [-0.05, 0) is 57.9 Å². The van der Waals surface area contributed by atoms with Gasteiger partial charge in [-0.2, -0.15) is 0 Å². The predicted octanol–water partition coefficient (Wildman–Crippen LogP) is 2.87. The summed E-state index contributed by atoms with van der Waals surface area (Å²) < 4.78 is 22.2. The first-order valence-electron chi connectivity index (χ1n) is 14.8. The molecule has 0 aromatic heterocycles. The van der Waals surface area contributed by atoms with Gasteiger partial charge in [-0.1, -0.05) is 50.2 Å². The number of aromatic hydroxyl groups is 1. The number of hydrogen-bond donors (Lipinski definition) is 3. The van der Waals surface area contributed by atoms with Crippen molar-refractivity contribution in [3.8, 4) is 5.75 Å². The van der Waals surface area contributed by atoms with Gasteiger partial charge in [0, 0.05) is 17.9 Å². The summed E-state index contributed by atoms with van der Waals surface area (Å²) in [6.45, 7) is 8.82. The maximum atomic E-state index is 13.5. The van der Waals surface area contributed by atoms with Crippen molar-refractivity contribution in [3.05, 3.63) is 65.7 Å². The second-order valence-corrected chi connectivity index (χ2v) is 11.8. The van der Waals surface area contributed by atoms with Crippen LogP contribution in [-0.2, 0) is 44.5 Å². The zero-order chi connectivity index (χ0) is 33.5. The number of esters is 4. The lowest BCUT2D eigenvalue weighted by Gasteiger charge is -2.35. The summed E-state index contributed by atoms with van der Waals surface area (Å²) in [6, 6.07) is 12.5. The Kier molecular flexibility index (Phi) is 11.7. The first-order chi connectivity index (χ1) is 21.1. The standard InChI is InChI=1S/C33H41NO11/c1-7-18(2)26-31(40)42-19(3)25(34-28(37)22-14-11-15-23(35)17-22)30(39)43-20(4)29(38)44-24(16-21-12-9-8-10-13-21)27(36)33(5,6)32(41)45-26/h8-15,17-20,24-27,35-36H,7,16H2,1-6H3,(H,34,37). The van der Waals surface area contributed by atoms with Gasteiger partial charge in [0.2, 0.25) is 6.10 Å². The van der Waals surface area contributed by atoms with Gasteiger partial charge < -0.3 is 34.5 Å². The van der Waals surface area contributed by atoms with E-state index in [1.54, 1.807) is 44.2 Å². The van der Waals surface area contributed by atoms with Crippen LogP contribution in [0.1, 0.15) is 63.9 Å². The van der Waals surface area contributed by atoms with Gasteiger partial charge in [0.25, 0.3) is 5.91 Å². The number of phenolic OH excluding ortho intramolecular Hbond substituents is 1. The molecule has 1 fully saturated rings. The van der Waals surface area contributed by atoms with E-state index in [0.717, 1.165) is 0 Å². The molecule has 1 amide bonds. The maximum absolute atomic E-state index is 13.5. The number of hydrogen-bond acceptors (Lipinski definition) is 11. The van der Waals surface area contributed by atoms with Crippen molar-refractivity contribution in [2.75, 3.05) is 0 Å². The molecule has 1 aliphatic rings. The number of aliphatic hydroxyl groups excluding tert-OH is 1. The van der Waals surface area contributed by atoms with Crippen LogP contribution in [0.3, 0.4) is 0 Å². The quantitative estimate of drug-likeness (QED) is 0.317. The van der Waals surface area contributed by atoms with E-state index in [4.69, 9.17) is 18.9 Å². The fourth-order valence-electron chi connectivity index (χ4n) is 4.63. The van der Waals surface area contributed by atoms with Crippen LogP contribution in [0.25, 0.3) is 0 Å². The molecule has 7 atom stereocenters. The summed E-state index contributed by atoms with van der Waals surface area (Å²) in [6.07, 6.45) is -6.83. The van der Waals surface area contributed by atoms with Gasteiger partial charge >= 0.3 is 23.9 Å². The van der Waals surface area contributed by atoms with Crippen LogP contribution >= 0.6 is 0 Å². The van der Waals surface area contributed by atoms with Gasteiger partial charge in [0.05, 0.1) is 5.41 Å². The molecule has 7 unspecified atom stereocenters. The highest BCUT2D eigenvalue weighted by molar-refractivity contribution is 5.97. The third kappa shape index (κ3) is 8.81. The van der Waals surface area contributed by atoms with Crippen molar-refractivity contribution in [1.29, 1.82) is 0 Å². The van der Waals surface area contributed by atoms with E-state index >= 15 is 0 Å². The predicted molar refractivity (Wildman–Crippen MR) is 160 cm³/mol. The number of amides is 1. The number of nitrogens with one attached hydrogen (secondary N) is 1. The first-order valence-corrected chi connectivity index (χ1v) is 14.8. The Labute approximate surface area is 262 Å². The van der Waals surface area contributed by atoms with Crippen LogP contribution in [0.2, 0.25) is 0 Å². The number of carbonyl (C=O) groups excluding carboxylic acids is 5. The van der Waals surface area contributed by atoms with E-state index in [1.165, 1.54) is 52.0 Å². The summed E-state index contributed by atoms with van der Waals surface area (Å²) in [5.41, 5.74) is -0.989. The van der Waals surface area contributed by atoms with E-state index in [1.807, 2.05) is 0 Å². The summed E-state index contributed by atoms with van der Waals surface area (Å²) in [4.78, 5) is 66.6. The lowest BCUT2D eigenvalue weighted by Crippen LogP contribution is -2.52. The SMILES string of the molecule is CCC(C)C1OC(=O)C(C)(C)C(O)C(Cc2ccccc2)OC(=O)C(C)OC(=O)C(NC(=O)c2cccc(O)c2)C(C)OC1=O. The molecule has 0 saturated carbocycles. The van der Waals surface area contributed by atoms with Crippen LogP contribution in [0.5, 0.6) is 5.75 Å². The average molecular weight is 628 g/mol. The molecule has 12 heteroatoms. The lowest BCUT2D eigenvalue weighted by molar-refractivity contribution is -0.190. The highest BCUT2D eigenvalue weighted by atomic mass is 16.6. The maximum Gasteiger partial charge on any atom is 0.348 e. The molecule has 0 radical (unpaired) electrons. The third-order valence-electron chi connectivity index (χ3n) is 7.84. The molecule has 1 saturated heterocycles. The summed E-state index contributed by atoms with van der Waals surface area (Å²) in [7, 11) is 0. The number of cyclic esters (lactones) is 4. The number of aliphatic hydroxyl groups is 1. The molecule has 1 aliphatic heterocycles. The van der Waals surface area contributed by atoms with E-state index in [-0.39, 0.29) is 17.7 Å². The van der Waals surface area contributed by atoms with Gasteiger partial charge in [-0.3, -0.25) is 9.59 Å². The minimum atomic E-state index is -1.67. The van der Waals surface area contributed by atoms with E-state index in [9.17, 15) is 34.2 Å². The summed E-state index contributed by atoms with van der Waals surface area (Å²) in [5.74, 6) is -5.62. The van der Waals surface area contributed by atoms with Gasteiger partial charge in [0.1, 0.15) is 24.1 Å². The molecule has 0 aliphatic carbocycles. The molecule has 2 aromatic rings. The zero-order valence-electron chi connectivity index (χ0n) is 26.2. The Morgan fingerprint density at radius 1 is 0.911 bits per heavy atom. The highest BCUT2D eigenvalue weighted by Crippen LogP contribution is 2.31. The normalized spacial score (nSPS) is 27.0. The van der Waals surface area contributed by atoms with Crippen LogP contribution in [-0.4, -0.2) is 76.6 Å². The van der Waals surface area contributed by atoms with Crippen molar-refractivity contribution in [2.24, 2.45) is 11.3 Å². The lowest BCUT2D eigenvalue weighted by atomic mass is 9.81. The molecule has 12 nitrogen and oxygen atoms in total. The fourth-order valence-corrected chi connectivity index (χ4v) is 4.63. The van der Waals surface area contributed by atoms with Crippen LogP contribution in [0.4, 0.5) is 0 Å². The Morgan fingerprint density at radius 3 is 2.20 bits per heavy atom. The second kappa shape index (κ2) is 15.0. The zero-order valence-corrected chi connectivity index (χ0v) is 26.2.